The predicted octanol–water partition coefficient (Wildman–Crippen LogP) is 3.56. The highest BCUT2D eigenvalue weighted by Gasteiger charge is 2.12. The monoisotopic (exact) mass is 237 g/mol. The topological polar surface area (TPSA) is 43.8 Å². The summed E-state index contributed by atoms with van der Waals surface area (Å²) >= 11 is 0. The van der Waals surface area contributed by atoms with Gasteiger partial charge in [0.2, 0.25) is 0 Å². The number of nitrogens with zero attached hydrogens (tertiary/aromatic N) is 2. The molecule has 0 atom stereocenters. The summed E-state index contributed by atoms with van der Waals surface area (Å²) in [6, 6.07) is 0. The van der Waals surface area contributed by atoms with E-state index in [2.05, 4.69) is 25.3 Å². The molecule has 98 valence electrons. The van der Waals surface area contributed by atoms with Gasteiger partial charge in [-0.3, -0.25) is 0 Å². The van der Waals surface area contributed by atoms with Crippen molar-refractivity contribution >= 4 is 5.82 Å². The molecule has 0 radical (unpaired) electrons. The lowest BCUT2D eigenvalue weighted by Crippen LogP contribution is -2.05. The minimum absolute atomic E-state index is 0.896. The number of rotatable bonds is 8. The normalized spacial score (nSPS) is 11.0. The summed E-state index contributed by atoms with van der Waals surface area (Å²) in [5.41, 5.74) is 7.28. The molecule has 0 aliphatic rings. The van der Waals surface area contributed by atoms with Gasteiger partial charge in [0.25, 0.3) is 0 Å². The lowest BCUT2D eigenvalue weighted by atomic mass is 10.1. The molecule has 0 unspecified atom stereocenters. The molecule has 1 aromatic rings. The molecule has 1 aromatic heterocycles. The maximum atomic E-state index is 6.16. The summed E-state index contributed by atoms with van der Waals surface area (Å²) in [7, 11) is 0. The SMILES string of the molecule is CCCCCCc1nc(CCC)n(CC)c1N. The fourth-order valence-electron chi connectivity index (χ4n) is 2.24. The minimum Gasteiger partial charge on any atom is -0.384 e. The molecule has 3 nitrogen and oxygen atoms in total. The minimum atomic E-state index is 0.896. The number of unbranched alkanes of at least 4 members (excludes halogenated alkanes) is 3. The maximum Gasteiger partial charge on any atom is 0.126 e. The van der Waals surface area contributed by atoms with Gasteiger partial charge < -0.3 is 10.3 Å². The first kappa shape index (κ1) is 14.1. The number of hydrogen-bond acceptors (Lipinski definition) is 2. The predicted molar refractivity (Wildman–Crippen MR) is 74.2 cm³/mol. The van der Waals surface area contributed by atoms with Gasteiger partial charge in [0.1, 0.15) is 11.6 Å². The molecule has 0 fully saturated rings. The van der Waals surface area contributed by atoms with Crippen LogP contribution in [0.4, 0.5) is 5.82 Å². The Balaban J connectivity index is 2.65. The number of aromatic nitrogens is 2. The third kappa shape index (κ3) is 3.76. The zero-order valence-corrected chi connectivity index (χ0v) is 11.6. The average molecular weight is 237 g/mol. The Hall–Kier alpha value is -0.990. The molecule has 0 aliphatic carbocycles. The van der Waals surface area contributed by atoms with Gasteiger partial charge in [-0.25, -0.2) is 4.98 Å². The van der Waals surface area contributed by atoms with E-state index >= 15 is 0 Å². The molecule has 0 saturated carbocycles. The van der Waals surface area contributed by atoms with Gasteiger partial charge in [-0.05, 0) is 26.2 Å². The van der Waals surface area contributed by atoms with Crippen LogP contribution in [0, 0.1) is 0 Å². The van der Waals surface area contributed by atoms with E-state index in [4.69, 9.17) is 10.7 Å². The van der Waals surface area contributed by atoms with Crippen LogP contribution in [0.2, 0.25) is 0 Å². The van der Waals surface area contributed by atoms with E-state index < -0.39 is 0 Å². The van der Waals surface area contributed by atoms with Gasteiger partial charge in [0, 0.05) is 13.0 Å². The Bertz CT molecular complexity index is 328. The van der Waals surface area contributed by atoms with E-state index in [1.165, 1.54) is 25.7 Å². The number of anilines is 1. The molecular weight excluding hydrogens is 210 g/mol. The van der Waals surface area contributed by atoms with E-state index in [-0.39, 0.29) is 0 Å². The molecule has 0 spiro atoms. The van der Waals surface area contributed by atoms with Crippen molar-refractivity contribution in [1.29, 1.82) is 0 Å². The summed E-state index contributed by atoms with van der Waals surface area (Å²) in [5, 5.41) is 0. The number of nitrogen functional groups attached to an aromatic ring is 1. The van der Waals surface area contributed by atoms with Gasteiger partial charge in [0.15, 0.2) is 0 Å². The second kappa shape index (κ2) is 7.36. The van der Waals surface area contributed by atoms with Gasteiger partial charge in [-0.1, -0.05) is 33.1 Å². The van der Waals surface area contributed by atoms with Crippen LogP contribution < -0.4 is 5.73 Å². The molecule has 0 saturated heterocycles. The fraction of sp³-hybridized carbons (Fsp3) is 0.786. The average Bonchev–Trinajstić information content (AvgIpc) is 2.62. The lowest BCUT2D eigenvalue weighted by Gasteiger charge is -2.05. The zero-order chi connectivity index (χ0) is 12.7. The van der Waals surface area contributed by atoms with Gasteiger partial charge in [-0.15, -0.1) is 0 Å². The van der Waals surface area contributed by atoms with Crippen molar-refractivity contribution in [2.24, 2.45) is 0 Å². The van der Waals surface area contributed by atoms with Crippen molar-refractivity contribution in [3.63, 3.8) is 0 Å². The van der Waals surface area contributed by atoms with E-state index in [0.29, 0.717) is 0 Å². The summed E-state index contributed by atoms with van der Waals surface area (Å²) in [4.78, 5) is 4.71. The van der Waals surface area contributed by atoms with Crippen molar-refractivity contribution in [1.82, 2.24) is 9.55 Å². The molecule has 2 N–H and O–H groups in total. The van der Waals surface area contributed by atoms with Gasteiger partial charge in [0.05, 0.1) is 5.69 Å². The Morgan fingerprint density at radius 1 is 1.00 bits per heavy atom. The molecule has 0 amide bonds. The van der Waals surface area contributed by atoms with Crippen molar-refractivity contribution in [3.8, 4) is 0 Å². The first-order valence-corrected chi connectivity index (χ1v) is 7.08. The van der Waals surface area contributed by atoms with Crippen molar-refractivity contribution < 1.29 is 0 Å². The Labute approximate surface area is 105 Å². The molecule has 17 heavy (non-hydrogen) atoms. The third-order valence-electron chi connectivity index (χ3n) is 3.22. The number of aryl methyl sites for hydroxylation is 2. The summed E-state index contributed by atoms with van der Waals surface area (Å²) in [6.45, 7) is 7.49. The fourth-order valence-corrected chi connectivity index (χ4v) is 2.24. The number of hydrogen-bond donors (Lipinski definition) is 1. The van der Waals surface area contributed by atoms with E-state index in [9.17, 15) is 0 Å². The van der Waals surface area contributed by atoms with Crippen LogP contribution >= 0.6 is 0 Å². The summed E-state index contributed by atoms with van der Waals surface area (Å²) in [5.74, 6) is 2.06. The van der Waals surface area contributed by atoms with Crippen LogP contribution in [0.5, 0.6) is 0 Å². The highest BCUT2D eigenvalue weighted by atomic mass is 15.1. The first-order chi connectivity index (χ1) is 8.24. The van der Waals surface area contributed by atoms with E-state index in [1.807, 2.05) is 0 Å². The van der Waals surface area contributed by atoms with Crippen molar-refractivity contribution in [2.45, 2.75) is 72.3 Å². The Morgan fingerprint density at radius 2 is 1.76 bits per heavy atom. The van der Waals surface area contributed by atoms with E-state index in [1.54, 1.807) is 0 Å². The van der Waals surface area contributed by atoms with E-state index in [0.717, 1.165) is 43.1 Å². The largest absolute Gasteiger partial charge is 0.384 e. The third-order valence-corrected chi connectivity index (χ3v) is 3.22. The maximum absolute atomic E-state index is 6.16. The first-order valence-electron chi connectivity index (χ1n) is 7.08. The molecule has 0 bridgehead atoms. The van der Waals surface area contributed by atoms with Crippen molar-refractivity contribution in [2.75, 3.05) is 5.73 Å². The second-order valence-electron chi connectivity index (χ2n) is 4.66. The van der Waals surface area contributed by atoms with Crippen LogP contribution in [-0.4, -0.2) is 9.55 Å². The molecule has 0 aromatic carbocycles. The Morgan fingerprint density at radius 3 is 2.35 bits per heavy atom. The lowest BCUT2D eigenvalue weighted by molar-refractivity contribution is 0.661. The van der Waals surface area contributed by atoms with Crippen LogP contribution in [0.3, 0.4) is 0 Å². The second-order valence-corrected chi connectivity index (χ2v) is 4.66. The van der Waals surface area contributed by atoms with Gasteiger partial charge in [-0.2, -0.15) is 0 Å². The molecule has 1 heterocycles. The summed E-state index contributed by atoms with van der Waals surface area (Å²) in [6.07, 6.45) is 8.30. The quantitative estimate of drug-likeness (QED) is 0.703. The van der Waals surface area contributed by atoms with Crippen LogP contribution in [0.25, 0.3) is 0 Å². The molecule has 0 aliphatic heterocycles. The van der Waals surface area contributed by atoms with Gasteiger partial charge >= 0.3 is 0 Å². The molecular formula is C14H27N3. The standard InChI is InChI=1S/C14H27N3/c1-4-7-8-9-11-12-14(15)17(6-3)13(16-12)10-5-2/h4-11,15H2,1-3H3. The zero-order valence-electron chi connectivity index (χ0n) is 11.6. The summed E-state index contributed by atoms with van der Waals surface area (Å²) < 4.78 is 2.17. The van der Waals surface area contributed by atoms with Crippen LogP contribution in [0.1, 0.15) is 64.4 Å². The van der Waals surface area contributed by atoms with Crippen molar-refractivity contribution in [3.05, 3.63) is 11.5 Å². The number of imidazole rings is 1. The highest BCUT2D eigenvalue weighted by Crippen LogP contribution is 2.18. The molecule has 1 rings (SSSR count). The van der Waals surface area contributed by atoms with Crippen LogP contribution in [0.15, 0.2) is 0 Å². The highest BCUT2D eigenvalue weighted by molar-refractivity contribution is 5.38. The number of nitrogens with two attached hydrogens (primary N) is 1. The smallest absolute Gasteiger partial charge is 0.126 e. The molecule has 3 heteroatoms. The van der Waals surface area contributed by atoms with Crippen LogP contribution in [-0.2, 0) is 19.4 Å². The Kier molecular flexibility index (Phi) is 6.09.